The highest BCUT2D eigenvalue weighted by Crippen LogP contribution is 2.30. The topological polar surface area (TPSA) is 0 Å². The van der Waals surface area contributed by atoms with Gasteiger partial charge < -0.3 is 0 Å². The van der Waals surface area contributed by atoms with E-state index in [0.29, 0.717) is 0 Å². The molecule has 0 unspecified atom stereocenters. The fourth-order valence-corrected chi connectivity index (χ4v) is 3.30. The van der Waals surface area contributed by atoms with Crippen LogP contribution in [0.4, 0.5) is 0 Å². The average Bonchev–Trinajstić information content (AvgIpc) is 2.68. The molecule has 2 aliphatic rings. The fourth-order valence-electron chi connectivity index (χ4n) is 3.30. The minimum Gasteiger partial charge on any atom is -0.0845 e. The first-order chi connectivity index (χ1) is 9.92. The van der Waals surface area contributed by atoms with Crippen LogP contribution in [0.2, 0.25) is 0 Å². The van der Waals surface area contributed by atoms with Gasteiger partial charge in [0.25, 0.3) is 0 Å². The Morgan fingerprint density at radius 1 is 0.850 bits per heavy atom. The van der Waals surface area contributed by atoms with E-state index in [1.807, 2.05) is 0 Å². The monoisotopic (exact) mass is 270 g/mol. The number of hydrogen-bond donors (Lipinski definition) is 0. The lowest BCUT2D eigenvalue weighted by atomic mass is 9.90. The van der Waals surface area contributed by atoms with E-state index in [4.69, 9.17) is 0 Å². The van der Waals surface area contributed by atoms with Crippen molar-refractivity contribution in [2.45, 2.75) is 77.6 Å². The SMILES string of the molecule is CCC1=C(\C2=C\C=C/CCCCC2)CCCCC/C=C\1. The van der Waals surface area contributed by atoms with Crippen LogP contribution in [0.3, 0.4) is 0 Å². The van der Waals surface area contributed by atoms with Crippen LogP contribution in [0.5, 0.6) is 0 Å². The molecule has 0 saturated heterocycles. The summed E-state index contributed by atoms with van der Waals surface area (Å²) in [6.07, 6.45) is 26.3. The van der Waals surface area contributed by atoms with Gasteiger partial charge in [0, 0.05) is 0 Å². The van der Waals surface area contributed by atoms with E-state index < -0.39 is 0 Å². The third-order valence-corrected chi connectivity index (χ3v) is 4.52. The van der Waals surface area contributed by atoms with Gasteiger partial charge in [0.05, 0.1) is 0 Å². The fraction of sp³-hybridized carbons (Fsp3) is 0.600. The minimum atomic E-state index is 1.17. The lowest BCUT2D eigenvalue weighted by molar-refractivity contribution is 0.667. The molecule has 0 radical (unpaired) electrons. The Hall–Kier alpha value is -1.04. The van der Waals surface area contributed by atoms with E-state index in [-0.39, 0.29) is 0 Å². The zero-order valence-corrected chi connectivity index (χ0v) is 13.2. The van der Waals surface area contributed by atoms with Crippen LogP contribution >= 0.6 is 0 Å². The van der Waals surface area contributed by atoms with Gasteiger partial charge in [-0.05, 0) is 74.5 Å². The molecule has 0 aromatic carbocycles. The van der Waals surface area contributed by atoms with E-state index in [0.717, 1.165) is 0 Å². The molecule has 0 N–H and O–H groups in total. The van der Waals surface area contributed by atoms with Crippen LogP contribution in [0.15, 0.2) is 47.1 Å². The minimum absolute atomic E-state index is 1.17. The quantitative estimate of drug-likeness (QED) is 0.526. The van der Waals surface area contributed by atoms with Crippen molar-refractivity contribution in [3.8, 4) is 0 Å². The third kappa shape index (κ3) is 4.81. The molecule has 0 atom stereocenters. The summed E-state index contributed by atoms with van der Waals surface area (Å²) >= 11 is 0. The second kappa shape index (κ2) is 9.00. The van der Waals surface area contributed by atoms with Crippen molar-refractivity contribution < 1.29 is 0 Å². The highest BCUT2D eigenvalue weighted by molar-refractivity contribution is 5.42. The Morgan fingerprint density at radius 3 is 2.40 bits per heavy atom. The van der Waals surface area contributed by atoms with Crippen LogP contribution < -0.4 is 0 Å². The first-order valence-electron chi connectivity index (χ1n) is 8.66. The van der Waals surface area contributed by atoms with Gasteiger partial charge in [-0.2, -0.15) is 0 Å². The zero-order chi connectivity index (χ0) is 14.0. The van der Waals surface area contributed by atoms with Crippen molar-refractivity contribution in [2.75, 3.05) is 0 Å². The largest absolute Gasteiger partial charge is 0.0845 e. The van der Waals surface area contributed by atoms with Crippen molar-refractivity contribution in [3.63, 3.8) is 0 Å². The van der Waals surface area contributed by atoms with Crippen LogP contribution in [0.1, 0.15) is 77.6 Å². The molecule has 0 saturated carbocycles. The average molecular weight is 270 g/mol. The number of allylic oxidation sites excluding steroid dienone is 8. The Morgan fingerprint density at radius 2 is 1.60 bits per heavy atom. The van der Waals surface area contributed by atoms with Gasteiger partial charge in [0.2, 0.25) is 0 Å². The Bertz CT molecular complexity index is 404. The summed E-state index contributed by atoms with van der Waals surface area (Å²) in [5.74, 6) is 0. The van der Waals surface area contributed by atoms with Crippen LogP contribution in [-0.2, 0) is 0 Å². The van der Waals surface area contributed by atoms with Crippen LogP contribution in [-0.4, -0.2) is 0 Å². The maximum atomic E-state index is 2.41. The molecule has 0 fully saturated rings. The molecule has 0 aromatic rings. The van der Waals surface area contributed by atoms with Crippen molar-refractivity contribution >= 4 is 0 Å². The van der Waals surface area contributed by atoms with E-state index in [1.54, 1.807) is 16.7 Å². The Kier molecular flexibility index (Phi) is 6.91. The molecule has 0 heterocycles. The maximum Gasteiger partial charge on any atom is -0.0273 e. The molecule has 0 bridgehead atoms. The van der Waals surface area contributed by atoms with Gasteiger partial charge in [0.1, 0.15) is 0 Å². The van der Waals surface area contributed by atoms with Gasteiger partial charge in [0.15, 0.2) is 0 Å². The first kappa shape index (κ1) is 15.4. The van der Waals surface area contributed by atoms with Crippen molar-refractivity contribution in [2.24, 2.45) is 0 Å². The third-order valence-electron chi connectivity index (χ3n) is 4.52. The molecular weight excluding hydrogens is 240 g/mol. The molecule has 0 amide bonds. The number of rotatable bonds is 2. The predicted molar refractivity (Wildman–Crippen MR) is 89.9 cm³/mol. The lowest BCUT2D eigenvalue weighted by Crippen LogP contribution is -1.96. The second-order valence-electron chi connectivity index (χ2n) is 6.08. The summed E-state index contributed by atoms with van der Waals surface area (Å²) in [4.78, 5) is 0. The van der Waals surface area contributed by atoms with Gasteiger partial charge >= 0.3 is 0 Å². The van der Waals surface area contributed by atoms with E-state index >= 15 is 0 Å². The molecule has 2 rings (SSSR count). The molecule has 0 aliphatic heterocycles. The lowest BCUT2D eigenvalue weighted by Gasteiger charge is -2.15. The molecule has 0 aromatic heterocycles. The highest BCUT2D eigenvalue weighted by Gasteiger charge is 2.10. The van der Waals surface area contributed by atoms with E-state index in [2.05, 4.69) is 37.3 Å². The summed E-state index contributed by atoms with van der Waals surface area (Å²) in [7, 11) is 0. The van der Waals surface area contributed by atoms with Crippen LogP contribution in [0, 0.1) is 0 Å². The van der Waals surface area contributed by atoms with Crippen molar-refractivity contribution in [3.05, 3.63) is 47.1 Å². The van der Waals surface area contributed by atoms with Crippen molar-refractivity contribution in [1.82, 2.24) is 0 Å². The summed E-state index contributed by atoms with van der Waals surface area (Å²) in [5, 5.41) is 0. The van der Waals surface area contributed by atoms with Crippen LogP contribution in [0.25, 0.3) is 0 Å². The molecule has 110 valence electrons. The second-order valence-corrected chi connectivity index (χ2v) is 6.08. The van der Waals surface area contributed by atoms with Gasteiger partial charge in [-0.15, -0.1) is 0 Å². The highest BCUT2D eigenvalue weighted by atomic mass is 14.2. The molecule has 0 nitrogen and oxygen atoms in total. The van der Waals surface area contributed by atoms with Gasteiger partial charge in [-0.25, -0.2) is 0 Å². The Labute approximate surface area is 125 Å². The Balaban J connectivity index is 2.26. The summed E-state index contributed by atoms with van der Waals surface area (Å²) in [6, 6.07) is 0. The van der Waals surface area contributed by atoms with E-state index in [1.165, 1.54) is 70.6 Å². The summed E-state index contributed by atoms with van der Waals surface area (Å²) < 4.78 is 0. The van der Waals surface area contributed by atoms with E-state index in [9.17, 15) is 0 Å². The predicted octanol–water partition coefficient (Wildman–Crippen LogP) is 6.66. The maximum absolute atomic E-state index is 2.41. The van der Waals surface area contributed by atoms with Crippen molar-refractivity contribution in [1.29, 1.82) is 0 Å². The van der Waals surface area contributed by atoms with Gasteiger partial charge in [-0.1, -0.05) is 50.1 Å². The standard InChI is InChI=1S/C20H30/c1-2-18-14-10-8-5-9-13-17-20(18)19-15-11-6-3-4-7-12-16-19/h6,10-11,14-15H,2-5,7-9,12-13,16-17H2,1H3/b11-6-,14-10-,19-15+,20-18+. The molecule has 2 aliphatic carbocycles. The molecule has 20 heavy (non-hydrogen) atoms. The molecule has 0 heteroatoms. The zero-order valence-electron chi connectivity index (χ0n) is 13.2. The molecular formula is C20H30. The smallest absolute Gasteiger partial charge is 0.0273 e. The normalized spacial score (nSPS) is 31.6. The number of hydrogen-bond acceptors (Lipinski definition) is 0. The van der Waals surface area contributed by atoms with Gasteiger partial charge in [-0.3, -0.25) is 0 Å². The summed E-state index contributed by atoms with van der Waals surface area (Å²) in [5.41, 5.74) is 4.87. The molecule has 0 spiro atoms. The first-order valence-corrected chi connectivity index (χ1v) is 8.66. The summed E-state index contributed by atoms with van der Waals surface area (Å²) in [6.45, 7) is 2.31.